The van der Waals surface area contributed by atoms with E-state index in [9.17, 15) is 15.2 Å². The Morgan fingerprint density at radius 1 is 1.24 bits per heavy atom. The van der Waals surface area contributed by atoms with E-state index in [2.05, 4.69) is 28.8 Å². The minimum absolute atomic E-state index is 0.0242. The summed E-state index contributed by atoms with van der Waals surface area (Å²) in [6.45, 7) is 2.00. The van der Waals surface area contributed by atoms with Crippen molar-refractivity contribution in [3.63, 3.8) is 0 Å². The number of carbonyl (C=O) groups excluding carboxylic acids is 1. The highest BCUT2D eigenvalue weighted by molar-refractivity contribution is 6.30. The number of fused-ring (bicyclic) bond motifs is 1. The van der Waals surface area contributed by atoms with Gasteiger partial charge in [0.2, 0.25) is 0 Å². The van der Waals surface area contributed by atoms with E-state index < -0.39 is 5.91 Å². The zero-order valence-electron chi connectivity index (χ0n) is 16.3. The molecule has 0 fully saturated rings. The molecule has 1 atom stereocenters. The molecule has 29 heavy (non-hydrogen) atoms. The summed E-state index contributed by atoms with van der Waals surface area (Å²) in [7, 11) is 0. The van der Waals surface area contributed by atoms with Gasteiger partial charge in [-0.2, -0.15) is 5.26 Å². The molecule has 1 aliphatic rings. The van der Waals surface area contributed by atoms with Crippen molar-refractivity contribution >= 4 is 23.2 Å². The number of halogens is 1. The van der Waals surface area contributed by atoms with Crippen molar-refractivity contribution in [1.29, 1.82) is 5.26 Å². The number of anilines is 1. The van der Waals surface area contributed by atoms with Crippen LogP contribution in [0.1, 0.15) is 48.9 Å². The number of nitrogens with one attached hydrogen (secondary N) is 2. The first kappa shape index (κ1) is 20.8. The summed E-state index contributed by atoms with van der Waals surface area (Å²) in [5, 5.41) is 25.4. The minimum atomic E-state index is -0.467. The highest BCUT2D eigenvalue weighted by Gasteiger charge is 2.18. The maximum atomic E-state index is 12.6. The lowest BCUT2D eigenvalue weighted by molar-refractivity contribution is -0.117. The molecule has 0 radical (unpaired) electrons. The van der Waals surface area contributed by atoms with Gasteiger partial charge in [0.25, 0.3) is 5.91 Å². The van der Waals surface area contributed by atoms with E-state index in [1.807, 2.05) is 13.0 Å². The van der Waals surface area contributed by atoms with Crippen molar-refractivity contribution in [2.24, 2.45) is 0 Å². The summed E-state index contributed by atoms with van der Waals surface area (Å²) in [5.41, 5.74) is 4.04. The Bertz CT molecular complexity index is 979. The Morgan fingerprint density at radius 3 is 2.72 bits per heavy atom. The molecule has 0 aromatic heterocycles. The second-order valence-corrected chi connectivity index (χ2v) is 7.58. The Balaban J connectivity index is 1.73. The third-order valence-electron chi connectivity index (χ3n) is 5.18. The number of phenols is 1. The maximum absolute atomic E-state index is 12.6. The van der Waals surface area contributed by atoms with Crippen LogP contribution >= 0.6 is 11.6 Å². The quantitative estimate of drug-likeness (QED) is 0.355. The molecule has 2 aromatic carbocycles. The molecule has 150 valence electrons. The van der Waals surface area contributed by atoms with Crippen molar-refractivity contribution < 1.29 is 9.90 Å². The smallest absolute Gasteiger partial charge is 0.263 e. The normalized spacial score (nSPS) is 14.4. The fourth-order valence-corrected chi connectivity index (χ4v) is 3.72. The largest absolute Gasteiger partial charge is 0.506 e. The summed E-state index contributed by atoms with van der Waals surface area (Å²) in [6, 6.07) is 12.6. The van der Waals surface area contributed by atoms with Gasteiger partial charge >= 0.3 is 0 Å². The van der Waals surface area contributed by atoms with Crippen LogP contribution in [-0.4, -0.2) is 11.0 Å². The molecular weight excluding hydrogens is 386 g/mol. The number of aryl methyl sites for hydroxylation is 2. The predicted molar refractivity (Wildman–Crippen MR) is 115 cm³/mol. The molecule has 0 saturated carbocycles. The number of nitriles is 1. The molecule has 1 amide bonds. The number of nitrogens with zero attached hydrogens (tertiary/aromatic N) is 1. The third kappa shape index (κ3) is 5.10. The van der Waals surface area contributed by atoms with E-state index in [1.54, 1.807) is 6.07 Å². The number of carbonyl (C=O) groups is 1. The highest BCUT2D eigenvalue weighted by atomic mass is 35.5. The Labute approximate surface area is 176 Å². The van der Waals surface area contributed by atoms with Gasteiger partial charge in [-0.05, 0) is 67.0 Å². The number of benzene rings is 2. The zero-order chi connectivity index (χ0) is 20.8. The van der Waals surface area contributed by atoms with E-state index in [1.165, 1.54) is 42.3 Å². The van der Waals surface area contributed by atoms with Crippen molar-refractivity contribution in [3.05, 3.63) is 69.9 Å². The minimum Gasteiger partial charge on any atom is -0.506 e. The van der Waals surface area contributed by atoms with Gasteiger partial charge in [0, 0.05) is 11.2 Å². The SMILES string of the molecule is CCC(NC(=O)/C(C#N)=C\Nc1cc(Cl)ccc1O)c1ccc2c(c1)CCCC2. The Hall–Kier alpha value is -2.97. The van der Waals surface area contributed by atoms with E-state index in [4.69, 9.17) is 11.6 Å². The number of hydrogen-bond acceptors (Lipinski definition) is 4. The second-order valence-electron chi connectivity index (χ2n) is 7.15. The molecular formula is C23H24ClN3O2. The van der Waals surface area contributed by atoms with Gasteiger partial charge in [0.15, 0.2) is 0 Å². The predicted octanol–water partition coefficient (Wildman–Crippen LogP) is 5.01. The van der Waals surface area contributed by atoms with Crippen LogP contribution in [0.5, 0.6) is 5.75 Å². The molecule has 1 aliphatic carbocycles. The van der Waals surface area contributed by atoms with Crippen molar-refractivity contribution in [3.8, 4) is 11.8 Å². The lowest BCUT2D eigenvalue weighted by Gasteiger charge is -2.21. The molecule has 0 heterocycles. The monoisotopic (exact) mass is 409 g/mol. The van der Waals surface area contributed by atoms with Crippen molar-refractivity contribution in [2.45, 2.75) is 45.1 Å². The number of amides is 1. The van der Waals surface area contributed by atoms with Gasteiger partial charge in [0.1, 0.15) is 17.4 Å². The number of rotatable bonds is 6. The molecule has 0 spiro atoms. The van der Waals surface area contributed by atoms with E-state index in [0.717, 1.165) is 18.4 Å². The van der Waals surface area contributed by atoms with Gasteiger partial charge < -0.3 is 15.7 Å². The lowest BCUT2D eigenvalue weighted by atomic mass is 9.88. The number of phenolic OH excluding ortho intramolecular Hbond substituents is 1. The van der Waals surface area contributed by atoms with Crippen LogP contribution in [0.25, 0.3) is 0 Å². The Morgan fingerprint density at radius 2 is 2.00 bits per heavy atom. The molecule has 0 aliphatic heterocycles. The van der Waals surface area contributed by atoms with Crippen LogP contribution in [0.4, 0.5) is 5.69 Å². The fourth-order valence-electron chi connectivity index (χ4n) is 3.55. The van der Waals surface area contributed by atoms with Crippen molar-refractivity contribution in [1.82, 2.24) is 5.32 Å². The molecule has 3 N–H and O–H groups in total. The van der Waals surface area contributed by atoms with Crippen LogP contribution in [-0.2, 0) is 17.6 Å². The fraction of sp³-hybridized carbons (Fsp3) is 0.304. The first-order chi connectivity index (χ1) is 14.0. The van der Waals surface area contributed by atoms with E-state index >= 15 is 0 Å². The van der Waals surface area contributed by atoms with Crippen molar-refractivity contribution in [2.75, 3.05) is 5.32 Å². The molecule has 5 nitrogen and oxygen atoms in total. The summed E-state index contributed by atoms with van der Waals surface area (Å²) in [5.74, 6) is -0.491. The molecule has 0 saturated heterocycles. The molecule has 2 aromatic rings. The van der Waals surface area contributed by atoms with Gasteiger partial charge in [-0.1, -0.05) is 36.7 Å². The number of aromatic hydroxyl groups is 1. The average Bonchev–Trinajstić information content (AvgIpc) is 2.74. The lowest BCUT2D eigenvalue weighted by Crippen LogP contribution is -2.29. The van der Waals surface area contributed by atoms with Gasteiger partial charge in [-0.15, -0.1) is 0 Å². The topological polar surface area (TPSA) is 85.2 Å². The summed E-state index contributed by atoms with van der Waals surface area (Å²) in [4.78, 5) is 12.6. The van der Waals surface area contributed by atoms with Gasteiger partial charge in [-0.3, -0.25) is 4.79 Å². The van der Waals surface area contributed by atoms with Crippen LogP contribution in [0.2, 0.25) is 5.02 Å². The molecule has 1 unspecified atom stereocenters. The highest BCUT2D eigenvalue weighted by Crippen LogP contribution is 2.28. The maximum Gasteiger partial charge on any atom is 0.263 e. The third-order valence-corrected chi connectivity index (χ3v) is 5.42. The first-order valence-electron chi connectivity index (χ1n) is 9.79. The van der Waals surface area contributed by atoms with Crippen LogP contribution in [0.3, 0.4) is 0 Å². The molecule has 3 rings (SSSR count). The van der Waals surface area contributed by atoms with Crippen LogP contribution in [0, 0.1) is 11.3 Å². The van der Waals surface area contributed by atoms with Crippen LogP contribution < -0.4 is 10.6 Å². The summed E-state index contributed by atoms with van der Waals surface area (Å²) >= 11 is 5.92. The van der Waals surface area contributed by atoms with Crippen LogP contribution in [0.15, 0.2) is 48.2 Å². The number of hydrogen-bond donors (Lipinski definition) is 3. The Kier molecular flexibility index (Phi) is 6.79. The van der Waals surface area contributed by atoms with E-state index in [-0.39, 0.29) is 17.4 Å². The average molecular weight is 410 g/mol. The zero-order valence-corrected chi connectivity index (χ0v) is 17.1. The molecule has 6 heteroatoms. The standard InChI is InChI=1S/C23H24ClN3O2/c1-2-20(17-8-7-15-5-3-4-6-16(15)11-17)27-23(29)18(13-25)14-26-21-12-19(24)9-10-22(21)28/h7-12,14,20,26,28H,2-6H2,1H3,(H,27,29)/b18-14-. The summed E-state index contributed by atoms with van der Waals surface area (Å²) in [6.07, 6.45) is 6.60. The first-order valence-corrected chi connectivity index (χ1v) is 10.2. The second kappa shape index (κ2) is 9.49. The molecule has 0 bridgehead atoms. The van der Waals surface area contributed by atoms with Gasteiger partial charge in [0.05, 0.1) is 11.7 Å². The van der Waals surface area contributed by atoms with E-state index in [0.29, 0.717) is 17.1 Å². The summed E-state index contributed by atoms with van der Waals surface area (Å²) < 4.78 is 0. The van der Waals surface area contributed by atoms with Gasteiger partial charge in [-0.25, -0.2) is 0 Å².